The molecule has 5 heteroatoms. The molecule has 1 atom stereocenters. The first kappa shape index (κ1) is 16.8. The first-order valence-corrected chi connectivity index (χ1v) is 9.06. The summed E-state index contributed by atoms with van der Waals surface area (Å²) in [6, 6.07) is 11.3. The van der Waals surface area contributed by atoms with Crippen LogP contribution in [-0.2, 0) is 15.1 Å². The van der Waals surface area contributed by atoms with Gasteiger partial charge in [0, 0.05) is 17.0 Å². The van der Waals surface area contributed by atoms with E-state index >= 15 is 0 Å². The molecule has 1 saturated carbocycles. The Hall–Kier alpha value is -2.69. The Balaban J connectivity index is 1.57. The van der Waals surface area contributed by atoms with Crippen LogP contribution in [0.25, 0.3) is 11.3 Å². The summed E-state index contributed by atoms with van der Waals surface area (Å²) in [4.78, 5) is 11.5. The fourth-order valence-electron chi connectivity index (χ4n) is 3.87. The number of esters is 1. The Bertz CT molecular complexity index is 855. The molecule has 136 valence electrons. The molecule has 2 aliphatic rings. The molecule has 2 N–H and O–H groups in total. The van der Waals surface area contributed by atoms with E-state index in [9.17, 15) is 15.0 Å². The number of furan rings is 1. The van der Waals surface area contributed by atoms with Crippen molar-refractivity contribution >= 4 is 5.97 Å². The van der Waals surface area contributed by atoms with Crippen LogP contribution in [0.1, 0.15) is 56.3 Å². The van der Waals surface area contributed by atoms with Crippen molar-refractivity contribution in [2.45, 2.75) is 50.5 Å². The van der Waals surface area contributed by atoms with Crippen molar-refractivity contribution < 1.29 is 24.2 Å². The van der Waals surface area contributed by atoms with E-state index < -0.39 is 23.1 Å². The highest BCUT2D eigenvalue weighted by Crippen LogP contribution is 2.40. The van der Waals surface area contributed by atoms with E-state index in [4.69, 9.17) is 9.15 Å². The highest BCUT2D eigenvalue weighted by molar-refractivity contribution is 5.90. The minimum Gasteiger partial charge on any atom is -0.505 e. The van der Waals surface area contributed by atoms with Gasteiger partial charge in [0.05, 0.1) is 0 Å². The number of hydrogen-bond acceptors (Lipinski definition) is 5. The quantitative estimate of drug-likeness (QED) is 0.750. The minimum atomic E-state index is -1.36. The maximum atomic E-state index is 11.5. The van der Waals surface area contributed by atoms with Gasteiger partial charge in [-0.05, 0) is 31.9 Å². The molecule has 0 spiro atoms. The number of aliphatic hydroxyl groups is 2. The van der Waals surface area contributed by atoms with Crippen LogP contribution in [0.2, 0.25) is 0 Å². The first-order valence-electron chi connectivity index (χ1n) is 9.06. The lowest BCUT2D eigenvalue weighted by atomic mass is 9.88. The van der Waals surface area contributed by atoms with Gasteiger partial charge in [-0.15, -0.1) is 0 Å². The number of carbonyl (C=O) groups is 1. The lowest BCUT2D eigenvalue weighted by Crippen LogP contribution is -2.25. The Morgan fingerprint density at radius 2 is 1.69 bits per heavy atom. The molecule has 26 heavy (non-hydrogen) atoms. The van der Waals surface area contributed by atoms with Gasteiger partial charge in [-0.1, -0.05) is 43.5 Å². The van der Waals surface area contributed by atoms with Crippen LogP contribution in [0.15, 0.2) is 52.3 Å². The number of carbonyl (C=O) groups excluding carboxylic acids is 1. The smallest absolute Gasteiger partial charge is 0.378 e. The summed E-state index contributed by atoms with van der Waals surface area (Å²) in [7, 11) is 0. The van der Waals surface area contributed by atoms with Crippen LogP contribution in [0.4, 0.5) is 0 Å². The zero-order valence-corrected chi connectivity index (χ0v) is 14.7. The maximum Gasteiger partial charge on any atom is 0.378 e. The third-order valence-electron chi connectivity index (χ3n) is 5.52. The van der Waals surface area contributed by atoms with Gasteiger partial charge in [0.1, 0.15) is 11.5 Å². The van der Waals surface area contributed by atoms with Gasteiger partial charge in [-0.25, -0.2) is 4.79 Å². The lowest BCUT2D eigenvalue weighted by Gasteiger charge is -2.23. The maximum absolute atomic E-state index is 11.5. The molecular formula is C21H22O5. The van der Waals surface area contributed by atoms with E-state index in [0.717, 1.165) is 17.1 Å². The number of aliphatic hydroxyl groups excluding tert-OH is 2. The van der Waals surface area contributed by atoms with E-state index in [1.807, 2.05) is 18.2 Å². The second-order valence-electron chi connectivity index (χ2n) is 7.23. The zero-order chi connectivity index (χ0) is 18.3. The summed E-state index contributed by atoms with van der Waals surface area (Å²) in [6.07, 6.45) is 6.20. The van der Waals surface area contributed by atoms with Gasteiger partial charge in [0.25, 0.3) is 0 Å². The van der Waals surface area contributed by atoms with Crippen molar-refractivity contribution in [1.82, 2.24) is 0 Å². The van der Waals surface area contributed by atoms with Crippen LogP contribution in [0.3, 0.4) is 0 Å². The van der Waals surface area contributed by atoms with Gasteiger partial charge >= 0.3 is 5.97 Å². The molecule has 0 saturated heterocycles. The van der Waals surface area contributed by atoms with Crippen LogP contribution in [0.5, 0.6) is 0 Å². The predicted molar refractivity (Wildman–Crippen MR) is 95.7 cm³/mol. The van der Waals surface area contributed by atoms with E-state index in [2.05, 4.69) is 6.07 Å². The number of hydrogen-bond donors (Lipinski definition) is 2. The number of rotatable bonds is 3. The van der Waals surface area contributed by atoms with Crippen molar-refractivity contribution in [3.05, 3.63) is 59.2 Å². The van der Waals surface area contributed by atoms with Crippen LogP contribution in [-0.4, -0.2) is 16.2 Å². The van der Waals surface area contributed by atoms with Gasteiger partial charge in [-0.2, -0.15) is 0 Å². The molecule has 5 nitrogen and oxygen atoms in total. The SMILES string of the molecule is CC1(c2ccc(-c3ccc(C4CCCCC4)o3)cc2)OC(=O)C(O)=C1O. The number of ether oxygens (including phenoxy) is 1. The highest BCUT2D eigenvalue weighted by atomic mass is 16.6. The summed E-state index contributed by atoms with van der Waals surface area (Å²) in [5.41, 5.74) is 0.127. The molecule has 0 radical (unpaired) electrons. The van der Waals surface area contributed by atoms with Crippen molar-refractivity contribution in [1.29, 1.82) is 0 Å². The zero-order valence-electron chi connectivity index (χ0n) is 14.7. The molecule has 0 bridgehead atoms. The van der Waals surface area contributed by atoms with E-state index in [-0.39, 0.29) is 0 Å². The Morgan fingerprint density at radius 3 is 2.31 bits per heavy atom. The second-order valence-corrected chi connectivity index (χ2v) is 7.23. The summed E-state index contributed by atoms with van der Waals surface area (Å²) in [5, 5.41) is 19.6. The topological polar surface area (TPSA) is 79.9 Å². The van der Waals surface area contributed by atoms with Gasteiger partial charge < -0.3 is 19.4 Å². The van der Waals surface area contributed by atoms with Crippen LogP contribution >= 0.6 is 0 Å². The summed E-state index contributed by atoms with van der Waals surface area (Å²) in [5.74, 6) is 0.239. The molecule has 0 amide bonds. The molecule has 2 aromatic rings. The molecule has 4 rings (SSSR count). The van der Waals surface area contributed by atoms with Crippen LogP contribution in [0, 0.1) is 0 Å². The first-order chi connectivity index (χ1) is 12.5. The standard InChI is InChI=1S/C21H22O5/c1-21(19(23)18(22)20(24)26-21)15-9-7-14(8-10-15)17-12-11-16(25-17)13-5-3-2-4-6-13/h7-13,22-23H,2-6H2,1H3. The summed E-state index contributed by atoms with van der Waals surface area (Å²) >= 11 is 0. The third-order valence-corrected chi connectivity index (χ3v) is 5.52. The largest absolute Gasteiger partial charge is 0.505 e. The van der Waals surface area contributed by atoms with Crippen molar-refractivity contribution in [2.75, 3.05) is 0 Å². The summed E-state index contributed by atoms with van der Waals surface area (Å²) < 4.78 is 11.2. The highest BCUT2D eigenvalue weighted by Gasteiger charge is 2.46. The predicted octanol–water partition coefficient (Wildman–Crippen LogP) is 5.09. The molecule has 1 fully saturated rings. The molecule has 2 heterocycles. The molecular weight excluding hydrogens is 332 g/mol. The van der Waals surface area contributed by atoms with E-state index in [1.165, 1.54) is 32.1 Å². The lowest BCUT2D eigenvalue weighted by molar-refractivity contribution is -0.149. The van der Waals surface area contributed by atoms with Crippen molar-refractivity contribution in [2.24, 2.45) is 0 Å². The monoisotopic (exact) mass is 354 g/mol. The normalized spacial score (nSPS) is 24.1. The van der Waals surface area contributed by atoms with Gasteiger partial charge in [0.15, 0.2) is 11.4 Å². The number of benzene rings is 1. The average Bonchev–Trinajstić information content (AvgIpc) is 3.24. The van der Waals surface area contributed by atoms with Gasteiger partial charge in [0.2, 0.25) is 5.76 Å². The average molecular weight is 354 g/mol. The Kier molecular flexibility index (Phi) is 4.02. The molecule has 1 unspecified atom stereocenters. The van der Waals surface area contributed by atoms with Crippen molar-refractivity contribution in [3.8, 4) is 11.3 Å². The minimum absolute atomic E-state index is 0.465. The molecule has 1 aromatic heterocycles. The van der Waals surface area contributed by atoms with E-state index in [1.54, 1.807) is 19.1 Å². The molecule has 1 aliphatic heterocycles. The molecule has 1 aliphatic carbocycles. The number of cyclic esters (lactones) is 1. The van der Waals surface area contributed by atoms with Gasteiger partial charge in [-0.3, -0.25) is 0 Å². The summed E-state index contributed by atoms with van der Waals surface area (Å²) in [6.45, 7) is 1.55. The molecule has 1 aromatic carbocycles. The Morgan fingerprint density at radius 1 is 1.00 bits per heavy atom. The van der Waals surface area contributed by atoms with E-state index in [0.29, 0.717) is 11.5 Å². The third kappa shape index (κ3) is 2.68. The van der Waals surface area contributed by atoms with Crippen molar-refractivity contribution in [3.63, 3.8) is 0 Å². The fourth-order valence-corrected chi connectivity index (χ4v) is 3.87. The second kappa shape index (κ2) is 6.24. The fraction of sp³-hybridized carbons (Fsp3) is 0.381. The Labute approximate surface area is 151 Å². The van der Waals surface area contributed by atoms with Crippen LogP contribution < -0.4 is 0 Å².